The summed E-state index contributed by atoms with van der Waals surface area (Å²) >= 11 is 1.52. The standard InChI is InChI=1S/C20H20N2O2S/c1-4-11-22-16-7-5-6-8-18(16)25-20(22)21-19(23)13-15-9-10-17(24-3)14(2)12-15/h4-10,12H,1,11,13H2,2-3H3. The number of amides is 1. The van der Waals surface area contributed by atoms with E-state index in [0.717, 1.165) is 27.1 Å². The molecular weight excluding hydrogens is 332 g/mol. The molecule has 1 heterocycles. The number of allylic oxidation sites excluding steroid dienone is 1. The summed E-state index contributed by atoms with van der Waals surface area (Å²) in [4.78, 5) is 17.5. The summed E-state index contributed by atoms with van der Waals surface area (Å²) in [7, 11) is 1.64. The highest BCUT2D eigenvalue weighted by atomic mass is 32.1. The first-order chi connectivity index (χ1) is 12.1. The van der Waals surface area contributed by atoms with E-state index < -0.39 is 0 Å². The summed E-state index contributed by atoms with van der Waals surface area (Å²) in [6.07, 6.45) is 2.09. The number of rotatable bonds is 5. The van der Waals surface area contributed by atoms with Crippen LogP contribution in [-0.4, -0.2) is 17.6 Å². The van der Waals surface area contributed by atoms with Crippen LogP contribution in [0.25, 0.3) is 10.2 Å². The number of hydrogen-bond donors (Lipinski definition) is 0. The molecule has 3 aromatic rings. The van der Waals surface area contributed by atoms with Gasteiger partial charge in [-0.25, -0.2) is 0 Å². The second-order valence-corrected chi connectivity index (χ2v) is 6.75. The molecule has 0 aliphatic carbocycles. The number of carbonyl (C=O) groups excluding carboxylic acids is 1. The molecule has 0 radical (unpaired) electrons. The zero-order chi connectivity index (χ0) is 17.8. The Morgan fingerprint density at radius 2 is 2.12 bits per heavy atom. The number of thiazole rings is 1. The van der Waals surface area contributed by atoms with Crippen molar-refractivity contribution >= 4 is 27.5 Å². The summed E-state index contributed by atoms with van der Waals surface area (Å²) in [5.74, 6) is 0.662. The molecule has 0 N–H and O–H groups in total. The number of carbonyl (C=O) groups is 1. The van der Waals surface area contributed by atoms with Crippen molar-refractivity contribution in [1.82, 2.24) is 4.57 Å². The van der Waals surface area contributed by atoms with Crippen molar-refractivity contribution < 1.29 is 9.53 Å². The molecule has 4 nitrogen and oxygen atoms in total. The van der Waals surface area contributed by atoms with E-state index in [1.807, 2.05) is 60.0 Å². The molecule has 128 valence electrons. The number of benzene rings is 2. The average Bonchev–Trinajstić information content (AvgIpc) is 2.93. The third-order valence-electron chi connectivity index (χ3n) is 3.93. The highest BCUT2D eigenvalue weighted by Gasteiger charge is 2.08. The monoisotopic (exact) mass is 352 g/mol. The zero-order valence-corrected chi connectivity index (χ0v) is 15.2. The summed E-state index contributed by atoms with van der Waals surface area (Å²) in [6.45, 7) is 6.39. The maximum Gasteiger partial charge on any atom is 0.252 e. The van der Waals surface area contributed by atoms with Crippen molar-refractivity contribution in [3.63, 3.8) is 0 Å². The van der Waals surface area contributed by atoms with Crippen LogP contribution in [0.4, 0.5) is 0 Å². The van der Waals surface area contributed by atoms with Gasteiger partial charge >= 0.3 is 0 Å². The summed E-state index contributed by atoms with van der Waals surface area (Å²) in [5, 5.41) is 0. The van der Waals surface area contributed by atoms with Gasteiger partial charge in [-0.3, -0.25) is 4.79 Å². The van der Waals surface area contributed by atoms with Crippen LogP contribution in [0.1, 0.15) is 11.1 Å². The number of aromatic nitrogens is 1. The predicted molar refractivity (Wildman–Crippen MR) is 102 cm³/mol. The van der Waals surface area contributed by atoms with E-state index in [4.69, 9.17) is 4.74 Å². The Hall–Kier alpha value is -2.66. The summed E-state index contributed by atoms with van der Waals surface area (Å²) < 4.78 is 8.38. The fraction of sp³-hybridized carbons (Fsp3) is 0.200. The summed E-state index contributed by atoms with van der Waals surface area (Å²) in [6, 6.07) is 13.8. The maximum atomic E-state index is 12.5. The molecule has 0 unspecified atom stereocenters. The van der Waals surface area contributed by atoms with Crippen LogP contribution in [0.2, 0.25) is 0 Å². The number of fused-ring (bicyclic) bond motifs is 1. The lowest BCUT2D eigenvalue weighted by atomic mass is 10.1. The zero-order valence-electron chi connectivity index (χ0n) is 14.4. The van der Waals surface area contributed by atoms with Gasteiger partial charge in [-0.2, -0.15) is 4.99 Å². The molecule has 0 saturated carbocycles. The molecule has 1 amide bonds. The van der Waals surface area contributed by atoms with E-state index in [1.165, 1.54) is 11.3 Å². The fourth-order valence-electron chi connectivity index (χ4n) is 2.78. The average molecular weight is 352 g/mol. The number of ether oxygens (including phenoxy) is 1. The molecule has 25 heavy (non-hydrogen) atoms. The topological polar surface area (TPSA) is 43.6 Å². The molecule has 0 fully saturated rings. The Kier molecular flexibility index (Phi) is 5.14. The Bertz CT molecular complexity index is 998. The van der Waals surface area contributed by atoms with Gasteiger partial charge < -0.3 is 9.30 Å². The van der Waals surface area contributed by atoms with Crippen LogP contribution in [0.3, 0.4) is 0 Å². The number of methoxy groups -OCH3 is 1. The number of nitrogens with zero attached hydrogens (tertiary/aromatic N) is 2. The van der Waals surface area contributed by atoms with E-state index >= 15 is 0 Å². The molecule has 5 heteroatoms. The smallest absolute Gasteiger partial charge is 0.252 e. The van der Waals surface area contributed by atoms with E-state index in [1.54, 1.807) is 7.11 Å². The van der Waals surface area contributed by atoms with E-state index in [0.29, 0.717) is 11.3 Å². The van der Waals surface area contributed by atoms with Gasteiger partial charge in [-0.1, -0.05) is 41.7 Å². The SMILES string of the molecule is C=CCn1c(=NC(=O)Cc2ccc(OC)c(C)c2)sc2ccccc21. The van der Waals surface area contributed by atoms with Crippen molar-refractivity contribution in [3.8, 4) is 5.75 Å². The van der Waals surface area contributed by atoms with Crippen LogP contribution in [-0.2, 0) is 17.8 Å². The van der Waals surface area contributed by atoms with Crippen molar-refractivity contribution in [2.24, 2.45) is 4.99 Å². The minimum atomic E-state index is -0.158. The minimum absolute atomic E-state index is 0.158. The van der Waals surface area contributed by atoms with Crippen molar-refractivity contribution in [2.45, 2.75) is 19.9 Å². The van der Waals surface area contributed by atoms with Crippen LogP contribution in [0.15, 0.2) is 60.1 Å². The van der Waals surface area contributed by atoms with Gasteiger partial charge in [0, 0.05) is 6.54 Å². The first-order valence-corrected chi connectivity index (χ1v) is 8.84. The lowest BCUT2D eigenvalue weighted by Crippen LogP contribution is -2.16. The molecule has 0 bridgehead atoms. The quantitative estimate of drug-likeness (QED) is 0.654. The fourth-order valence-corrected chi connectivity index (χ4v) is 3.84. The van der Waals surface area contributed by atoms with Crippen molar-refractivity contribution in [3.05, 3.63) is 71.0 Å². The molecular formula is C20H20N2O2S. The van der Waals surface area contributed by atoms with Gasteiger partial charge in [0.05, 0.1) is 23.7 Å². The van der Waals surface area contributed by atoms with Crippen LogP contribution < -0.4 is 9.54 Å². The molecule has 3 rings (SSSR count). The highest BCUT2D eigenvalue weighted by molar-refractivity contribution is 7.16. The Labute approximate surface area is 150 Å². The Morgan fingerprint density at radius 3 is 2.84 bits per heavy atom. The van der Waals surface area contributed by atoms with Gasteiger partial charge in [0.1, 0.15) is 5.75 Å². The maximum absolute atomic E-state index is 12.5. The molecule has 0 atom stereocenters. The highest BCUT2D eigenvalue weighted by Crippen LogP contribution is 2.19. The third-order valence-corrected chi connectivity index (χ3v) is 4.99. The van der Waals surface area contributed by atoms with Crippen molar-refractivity contribution in [2.75, 3.05) is 7.11 Å². The Morgan fingerprint density at radius 1 is 1.32 bits per heavy atom. The number of aryl methyl sites for hydroxylation is 1. The van der Waals surface area contributed by atoms with Gasteiger partial charge in [0.2, 0.25) is 0 Å². The van der Waals surface area contributed by atoms with Gasteiger partial charge in [-0.15, -0.1) is 6.58 Å². The number of para-hydroxylation sites is 1. The van der Waals surface area contributed by atoms with Gasteiger partial charge in [0.15, 0.2) is 4.80 Å². The Balaban J connectivity index is 1.93. The minimum Gasteiger partial charge on any atom is -0.496 e. The molecule has 1 aromatic heterocycles. The van der Waals surface area contributed by atoms with Crippen molar-refractivity contribution in [1.29, 1.82) is 0 Å². The van der Waals surface area contributed by atoms with Crippen LogP contribution in [0, 0.1) is 6.92 Å². The molecule has 0 spiro atoms. The van der Waals surface area contributed by atoms with Crippen LogP contribution in [0.5, 0.6) is 5.75 Å². The van der Waals surface area contributed by atoms with Crippen LogP contribution >= 0.6 is 11.3 Å². The molecule has 0 saturated heterocycles. The van der Waals surface area contributed by atoms with E-state index in [2.05, 4.69) is 11.6 Å². The predicted octanol–water partition coefficient (Wildman–Crippen LogP) is 3.88. The van der Waals surface area contributed by atoms with E-state index in [-0.39, 0.29) is 12.3 Å². The van der Waals surface area contributed by atoms with E-state index in [9.17, 15) is 4.79 Å². The first-order valence-electron chi connectivity index (χ1n) is 8.02. The van der Waals surface area contributed by atoms with Gasteiger partial charge in [-0.05, 0) is 36.2 Å². The normalized spacial score (nSPS) is 11.7. The molecule has 0 aliphatic rings. The number of hydrogen-bond acceptors (Lipinski definition) is 3. The third kappa shape index (κ3) is 3.72. The lowest BCUT2D eigenvalue weighted by molar-refractivity contribution is -0.117. The lowest BCUT2D eigenvalue weighted by Gasteiger charge is -2.06. The molecule has 2 aromatic carbocycles. The summed E-state index contributed by atoms with van der Waals surface area (Å²) in [5.41, 5.74) is 3.01. The second-order valence-electron chi connectivity index (χ2n) is 5.74. The largest absolute Gasteiger partial charge is 0.496 e. The first kappa shape index (κ1) is 17.2. The molecule has 0 aliphatic heterocycles. The van der Waals surface area contributed by atoms with Gasteiger partial charge in [0.25, 0.3) is 5.91 Å². The second kappa shape index (κ2) is 7.49.